The summed E-state index contributed by atoms with van der Waals surface area (Å²) in [5, 5.41) is 0. The number of carbonyl (C=O) groups excluding carboxylic acids is 1. The van der Waals surface area contributed by atoms with Crippen LogP contribution < -0.4 is 0 Å². The van der Waals surface area contributed by atoms with Crippen LogP contribution in [-0.4, -0.2) is 24.4 Å². The Labute approximate surface area is 204 Å². The first kappa shape index (κ1) is 26.0. The number of nitrogens with zero attached hydrogens (tertiary/aromatic N) is 1. The maximum absolute atomic E-state index is 11.8. The Bertz CT molecular complexity index is 705. The molecule has 1 amide bonds. The van der Waals surface area contributed by atoms with Gasteiger partial charge in [0.2, 0.25) is 5.91 Å². The third kappa shape index (κ3) is 8.30. The number of carbonyl (C=O) groups is 1. The zero-order chi connectivity index (χ0) is 23.5. The van der Waals surface area contributed by atoms with E-state index in [0.717, 1.165) is 43.1 Å². The molecular formula is C31H49NO. The van der Waals surface area contributed by atoms with Gasteiger partial charge in [0.15, 0.2) is 0 Å². The van der Waals surface area contributed by atoms with Gasteiger partial charge in [-0.3, -0.25) is 4.79 Å². The zero-order valence-electron chi connectivity index (χ0n) is 21.7. The average molecular weight is 452 g/mol. The second-order valence-electron chi connectivity index (χ2n) is 11.0. The van der Waals surface area contributed by atoms with Crippen LogP contribution in [0.4, 0.5) is 0 Å². The standard InChI is InChI=1S/C31H49NO/c1-4-6-7-10-25-12-16-27(17-13-25)29-20-22-30(23-21-29)28-18-14-26(15-19-28)11-8-24-32(3)31(33)9-5-2/h5,9,14-15,18-19,25,27,29-30H,4,6-8,10-13,16-17,20-24H2,1-3H3/b9-5+. The van der Waals surface area contributed by atoms with E-state index in [9.17, 15) is 4.79 Å². The van der Waals surface area contributed by atoms with Crippen LogP contribution in [-0.2, 0) is 11.2 Å². The van der Waals surface area contributed by atoms with Gasteiger partial charge >= 0.3 is 0 Å². The molecule has 0 unspecified atom stereocenters. The van der Waals surface area contributed by atoms with E-state index in [1.807, 2.05) is 24.9 Å². The molecule has 2 heteroatoms. The fourth-order valence-electron chi connectivity index (χ4n) is 6.41. The number of allylic oxidation sites excluding steroid dienone is 1. The maximum Gasteiger partial charge on any atom is 0.245 e. The first-order chi connectivity index (χ1) is 16.1. The highest BCUT2D eigenvalue weighted by molar-refractivity contribution is 5.87. The molecule has 0 saturated heterocycles. The van der Waals surface area contributed by atoms with Gasteiger partial charge in [-0.2, -0.15) is 0 Å². The Balaban J connectivity index is 1.36. The normalized spacial score (nSPS) is 25.9. The van der Waals surface area contributed by atoms with Gasteiger partial charge in [-0.15, -0.1) is 0 Å². The van der Waals surface area contributed by atoms with Crippen LogP contribution in [0.2, 0.25) is 0 Å². The molecule has 2 nitrogen and oxygen atoms in total. The van der Waals surface area contributed by atoms with Crippen LogP contribution in [0.5, 0.6) is 0 Å². The van der Waals surface area contributed by atoms with Gasteiger partial charge in [0.1, 0.15) is 0 Å². The van der Waals surface area contributed by atoms with Gasteiger partial charge in [0.25, 0.3) is 0 Å². The number of amides is 1. The molecule has 184 valence electrons. The van der Waals surface area contributed by atoms with E-state index in [4.69, 9.17) is 0 Å². The molecule has 1 aromatic rings. The predicted octanol–water partition coefficient (Wildman–Crippen LogP) is 8.31. The lowest BCUT2D eigenvalue weighted by molar-refractivity contribution is -0.124. The van der Waals surface area contributed by atoms with E-state index in [1.165, 1.54) is 82.6 Å². The summed E-state index contributed by atoms with van der Waals surface area (Å²) in [4.78, 5) is 13.6. The van der Waals surface area contributed by atoms with Gasteiger partial charge in [-0.25, -0.2) is 0 Å². The maximum atomic E-state index is 11.8. The van der Waals surface area contributed by atoms with Gasteiger partial charge in [0, 0.05) is 13.6 Å². The highest BCUT2D eigenvalue weighted by atomic mass is 16.2. The summed E-state index contributed by atoms with van der Waals surface area (Å²) in [5.41, 5.74) is 2.95. The zero-order valence-corrected chi connectivity index (χ0v) is 21.7. The number of hydrogen-bond donors (Lipinski definition) is 0. The third-order valence-corrected chi connectivity index (χ3v) is 8.64. The Kier molecular flexibility index (Phi) is 11.0. The molecule has 2 aliphatic rings. The molecule has 0 N–H and O–H groups in total. The number of hydrogen-bond acceptors (Lipinski definition) is 1. The summed E-state index contributed by atoms with van der Waals surface area (Å²) < 4.78 is 0. The summed E-state index contributed by atoms with van der Waals surface area (Å²) in [6.07, 6.45) is 23.0. The summed E-state index contributed by atoms with van der Waals surface area (Å²) in [6, 6.07) is 9.43. The van der Waals surface area contributed by atoms with Crippen molar-refractivity contribution in [3.63, 3.8) is 0 Å². The van der Waals surface area contributed by atoms with Crippen LogP contribution in [0.25, 0.3) is 0 Å². The highest BCUT2D eigenvalue weighted by Crippen LogP contribution is 2.44. The number of aryl methyl sites for hydroxylation is 1. The highest BCUT2D eigenvalue weighted by Gasteiger charge is 2.31. The lowest BCUT2D eigenvalue weighted by Crippen LogP contribution is -2.26. The first-order valence-electron chi connectivity index (χ1n) is 14.1. The lowest BCUT2D eigenvalue weighted by atomic mass is 9.68. The van der Waals surface area contributed by atoms with Gasteiger partial charge in [0.05, 0.1) is 0 Å². The summed E-state index contributed by atoms with van der Waals surface area (Å²) >= 11 is 0. The molecule has 2 saturated carbocycles. The van der Waals surface area contributed by atoms with Crippen molar-refractivity contribution in [2.24, 2.45) is 17.8 Å². The van der Waals surface area contributed by atoms with Crippen molar-refractivity contribution < 1.29 is 4.79 Å². The quantitative estimate of drug-likeness (QED) is 0.245. The smallest absolute Gasteiger partial charge is 0.245 e. The molecule has 3 rings (SSSR count). The van der Waals surface area contributed by atoms with Crippen molar-refractivity contribution in [3.8, 4) is 0 Å². The number of likely N-dealkylation sites (N-methyl/N-ethyl adjacent to an activating group) is 1. The molecule has 0 radical (unpaired) electrons. The van der Waals surface area contributed by atoms with Crippen LogP contribution >= 0.6 is 0 Å². The van der Waals surface area contributed by atoms with E-state index in [1.54, 1.807) is 11.6 Å². The van der Waals surface area contributed by atoms with E-state index >= 15 is 0 Å². The van der Waals surface area contributed by atoms with Crippen LogP contribution in [0.1, 0.15) is 114 Å². The van der Waals surface area contributed by atoms with Crippen molar-refractivity contribution in [1.29, 1.82) is 0 Å². The summed E-state index contributed by atoms with van der Waals surface area (Å²) in [5.74, 6) is 3.93. The fraction of sp³-hybridized carbons (Fsp3) is 0.710. The third-order valence-electron chi connectivity index (χ3n) is 8.64. The molecule has 0 atom stereocenters. The molecular weight excluding hydrogens is 402 g/mol. The Morgan fingerprint density at radius 1 is 0.909 bits per heavy atom. The Morgan fingerprint density at radius 2 is 1.55 bits per heavy atom. The Hall–Kier alpha value is -1.57. The van der Waals surface area contributed by atoms with E-state index in [0.29, 0.717) is 0 Å². The second-order valence-corrected chi connectivity index (χ2v) is 11.0. The monoisotopic (exact) mass is 451 g/mol. The molecule has 33 heavy (non-hydrogen) atoms. The molecule has 0 bridgehead atoms. The topological polar surface area (TPSA) is 20.3 Å². The molecule has 0 heterocycles. The van der Waals surface area contributed by atoms with Crippen LogP contribution in [0, 0.1) is 17.8 Å². The van der Waals surface area contributed by atoms with Gasteiger partial charge in [-0.1, -0.05) is 75.8 Å². The second kappa shape index (κ2) is 14.0. The van der Waals surface area contributed by atoms with Crippen molar-refractivity contribution in [2.45, 2.75) is 110 Å². The minimum Gasteiger partial charge on any atom is -0.342 e. The molecule has 1 aromatic carbocycles. The van der Waals surface area contributed by atoms with Gasteiger partial charge < -0.3 is 4.90 Å². The fourth-order valence-corrected chi connectivity index (χ4v) is 6.41. The van der Waals surface area contributed by atoms with E-state index in [-0.39, 0.29) is 5.91 Å². The van der Waals surface area contributed by atoms with E-state index < -0.39 is 0 Å². The predicted molar refractivity (Wildman–Crippen MR) is 142 cm³/mol. The number of rotatable bonds is 11. The largest absolute Gasteiger partial charge is 0.342 e. The van der Waals surface area contributed by atoms with Crippen LogP contribution in [0.15, 0.2) is 36.4 Å². The average Bonchev–Trinajstić information content (AvgIpc) is 2.85. The van der Waals surface area contributed by atoms with Crippen LogP contribution in [0.3, 0.4) is 0 Å². The molecule has 2 fully saturated rings. The number of unbranched alkanes of at least 4 members (excludes halogenated alkanes) is 2. The molecule has 0 spiro atoms. The van der Waals surface area contributed by atoms with E-state index in [2.05, 4.69) is 31.2 Å². The first-order valence-corrected chi connectivity index (χ1v) is 14.1. The van der Waals surface area contributed by atoms with Gasteiger partial charge in [-0.05, 0) is 99.2 Å². The summed E-state index contributed by atoms with van der Waals surface area (Å²) in [6.45, 7) is 5.02. The Morgan fingerprint density at radius 3 is 2.15 bits per heavy atom. The molecule has 2 aliphatic carbocycles. The van der Waals surface area contributed by atoms with Crippen molar-refractivity contribution in [2.75, 3.05) is 13.6 Å². The number of benzene rings is 1. The van der Waals surface area contributed by atoms with Crippen molar-refractivity contribution >= 4 is 5.91 Å². The summed E-state index contributed by atoms with van der Waals surface area (Å²) in [7, 11) is 1.89. The minimum absolute atomic E-state index is 0.100. The lowest BCUT2D eigenvalue weighted by Gasteiger charge is -2.38. The van der Waals surface area contributed by atoms with Crippen molar-refractivity contribution in [3.05, 3.63) is 47.5 Å². The SMILES string of the molecule is C/C=C/C(=O)N(C)CCCc1ccc(C2CCC(C3CCC(CCCCC)CC3)CC2)cc1. The van der Waals surface area contributed by atoms with Crippen molar-refractivity contribution in [1.82, 2.24) is 4.90 Å². The molecule has 0 aliphatic heterocycles. The molecule has 0 aromatic heterocycles. The minimum atomic E-state index is 0.100.